The van der Waals surface area contributed by atoms with Crippen molar-refractivity contribution in [3.63, 3.8) is 0 Å². The fraction of sp³-hybridized carbons (Fsp3) is 0.400. The Labute approximate surface area is 125 Å². The van der Waals surface area contributed by atoms with Gasteiger partial charge in [0.1, 0.15) is 5.75 Å². The van der Waals surface area contributed by atoms with E-state index in [9.17, 15) is 0 Å². The van der Waals surface area contributed by atoms with Crippen molar-refractivity contribution in [2.24, 2.45) is 0 Å². The molecule has 0 aliphatic carbocycles. The van der Waals surface area contributed by atoms with E-state index in [-0.39, 0.29) is 6.01 Å². The molecule has 0 radical (unpaired) electrons. The number of aromatic nitrogens is 3. The van der Waals surface area contributed by atoms with Gasteiger partial charge in [-0.15, -0.1) is 0 Å². The SMILES string of the molecule is CCNc1nc(Oc2cccc(CC)c2)nc(N(C)C)n1. The van der Waals surface area contributed by atoms with Gasteiger partial charge in [0, 0.05) is 20.6 Å². The van der Waals surface area contributed by atoms with E-state index in [4.69, 9.17) is 4.74 Å². The molecule has 6 nitrogen and oxygen atoms in total. The van der Waals surface area contributed by atoms with Crippen molar-refractivity contribution in [1.82, 2.24) is 15.0 Å². The summed E-state index contributed by atoms with van der Waals surface area (Å²) in [5.74, 6) is 1.80. The van der Waals surface area contributed by atoms with E-state index < -0.39 is 0 Å². The molecule has 112 valence electrons. The molecule has 0 bridgehead atoms. The lowest BCUT2D eigenvalue weighted by atomic mass is 10.2. The number of benzene rings is 1. The molecule has 2 aromatic rings. The molecule has 2 rings (SSSR count). The Kier molecular flexibility index (Phi) is 4.92. The minimum Gasteiger partial charge on any atom is -0.424 e. The lowest BCUT2D eigenvalue weighted by Gasteiger charge is -2.13. The molecule has 0 aliphatic rings. The van der Waals surface area contributed by atoms with Crippen molar-refractivity contribution in [1.29, 1.82) is 0 Å². The van der Waals surface area contributed by atoms with Gasteiger partial charge in [0.05, 0.1) is 0 Å². The van der Waals surface area contributed by atoms with Gasteiger partial charge in [0.2, 0.25) is 11.9 Å². The van der Waals surface area contributed by atoms with Crippen LogP contribution in [0.3, 0.4) is 0 Å². The molecule has 0 aliphatic heterocycles. The summed E-state index contributed by atoms with van der Waals surface area (Å²) in [4.78, 5) is 14.7. The third-order valence-corrected chi connectivity index (χ3v) is 2.85. The molecule has 0 saturated carbocycles. The smallest absolute Gasteiger partial charge is 0.328 e. The number of ether oxygens (including phenoxy) is 1. The molecule has 6 heteroatoms. The zero-order chi connectivity index (χ0) is 15.2. The van der Waals surface area contributed by atoms with Gasteiger partial charge >= 0.3 is 6.01 Å². The second-order valence-corrected chi connectivity index (χ2v) is 4.77. The lowest BCUT2D eigenvalue weighted by Crippen LogP contribution is -2.15. The quantitative estimate of drug-likeness (QED) is 0.881. The Bertz CT molecular complexity index is 600. The third-order valence-electron chi connectivity index (χ3n) is 2.85. The second kappa shape index (κ2) is 6.88. The topological polar surface area (TPSA) is 63.2 Å². The van der Waals surface area contributed by atoms with E-state index in [2.05, 4.69) is 33.3 Å². The lowest BCUT2D eigenvalue weighted by molar-refractivity contribution is 0.440. The molecule has 1 N–H and O–H groups in total. The normalized spacial score (nSPS) is 10.3. The molecule has 0 fully saturated rings. The standard InChI is InChI=1S/C15H21N5O/c1-5-11-8-7-9-12(10-11)21-15-18-13(16-6-2)17-14(19-15)20(3)4/h7-10H,5-6H2,1-4H3,(H,16,17,18,19). The van der Waals surface area contributed by atoms with Gasteiger partial charge in [0.15, 0.2) is 0 Å². The summed E-state index contributed by atoms with van der Waals surface area (Å²) in [7, 11) is 3.76. The number of hydrogen-bond acceptors (Lipinski definition) is 6. The largest absolute Gasteiger partial charge is 0.424 e. The minimum atomic E-state index is 0.290. The molecule has 0 amide bonds. The van der Waals surface area contributed by atoms with Gasteiger partial charge in [0.25, 0.3) is 0 Å². The van der Waals surface area contributed by atoms with Crippen LogP contribution in [-0.2, 0) is 6.42 Å². The number of nitrogens with zero attached hydrogens (tertiary/aromatic N) is 4. The summed E-state index contributed by atoms with van der Waals surface area (Å²) >= 11 is 0. The molecule has 0 atom stereocenters. The second-order valence-electron chi connectivity index (χ2n) is 4.77. The maximum Gasteiger partial charge on any atom is 0.328 e. The highest BCUT2D eigenvalue weighted by Gasteiger charge is 2.09. The summed E-state index contributed by atoms with van der Waals surface area (Å²) in [6.07, 6.45) is 0.958. The summed E-state index contributed by atoms with van der Waals surface area (Å²) in [6, 6.07) is 8.21. The molecular weight excluding hydrogens is 266 g/mol. The summed E-state index contributed by atoms with van der Waals surface area (Å²) in [6.45, 7) is 4.83. The number of anilines is 2. The van der Waals surface area contributed by atoms with E-state index in [1.54, 1.807) is 0 Å². The summed E-state index contributed by atoms with van der Waals surface area (Å²) < 4.78 is 5.77. The molecule has 1 aromatic carbocycles. The van der Waals surface area contributed by atoms with Crippen molar-refractivity contribution in [2.45, 2.75) is 20.3 Å². The number of nitrogens with one attached hydrogen (secondary N) is 1. The van der Waals surface area contributed by atoms with Crippen LogP contribution in [0.4, 0.5) is 11.9 Å². The van der Waals surface area contributed by atoms with Gasteiger partial charge in [-0.2, -0.15) is 15.0 Å². The Morgan fingerprint density at radius 2 is 1.95 bits per heavy atom. The van der Waals surface area contributed by atoms with Gasteiger partial charge in [-0.25, -0.2) is 0 Å². The van der Waals surface area contributed by atoms with E-state index in [0.29, 0.717) is 11.9 Å². The molecule has 21 heavy (non-hydrogen) atoms. The fourth-order valence-electron chi connectivity index (χ4n) is 1.76. The van der Waals surface area contributed by atoms with Gasteiger partial charge in [-0.05, 0) is 31.0 Å². The highest BCUT2D eigenvalue weighted by Crippen LogP contribution is 2.21. The average Bonchev–Trinajstić information content (AvgIpc) is 2.47. The van der Waals surface area contributed by atoms with Crippen LogP contribution in [0.2, 0.25) is 0 Å². The van der Waals surface area contributed by atoms with E-state index >= 15 is 0 Å². The highest BCUT2D eigenvalue weighted by atomic mass is 16.5. The van der Waals surface area contributed by atoms with Crippen LogP contribution in [0.25, 0.3) is 0 Å². The maximum absolute atomic E-state index is 5.77. The van der Waals surface area contributed by atoms with Gasteiger partial charge < -0.3 is 15.0 Å². The van der Waals surface area contributed by atoms with E-state index in [1.165, 1.54) is 5.56 Å². The number of hydrogen-bond donors (Lipinski definition) is 1. The van der Waals surface area contributed by atoms with Crippen LogP contribution >= 0.6 is 0 Å². The van der Waals surface area contributed by atoms with Crippen LogP contribution in [0.15, 0.2) is 24.3 Å². The number of rotatable bonds is 6. The van der Waals surface area contributed by atoms with Crippen LogP contribution in [0.1, 0.15) is 19.4 Å². The molecule has 0 spiro atoms. The molecule has 1 heterocycles. The Morgan fingerprint density at radius 3 is 2.62 bits per heavy atom. The monoisotopic (exact) mass is 287 g/mol. The van der Waals surface area contributed by atoms with Crippen molar-refractivity contribution in [3.05, 3.63) is 29.8 Å². The summed E-state index contributed by atoms with van der Waals surface area (Å²) in [5, 5.41) is 3.08. The molecule has 0 unspecified atom stereocenters. The van der Waals surface area contributed by atoms with Crippen LogP contribution in [0, 0.1) is 0 Å². The van der Waals surface area contributed by atoms with Crippen LogP contribution in [-0.4, -0.2) is 35.6 Å². The van der Waals surface area contributed by atoms with Gasteiger partial charge in [-0.3, -0.25) is 0 Å². The third kappa shape index (κ3) is 4.05. The number of aryl methyl sites for hydroxylation is 1. The van der Waals surface area contributed by atoms with E-state index in [0.717, 1.165) is 18.7 Å². The van der Waals surface area contributed by atoms with Crippen molar-refractivity contribution in [3.8, 4) is 11.8 Å². The maximum atomic E-state index is 5.77. The van der Waals surface area contributed by atoms with Gasteiger partial charge in [-0.1, -0.05) is 19.1 Å². The highest BCUT2D eigenvalue weighted by molar-refractivity contribution is 5.38. The van der Waals surface area contributed by atoms with Crippen LogP contribution < -0.4 is 15.0 Å². The minimum absolute atomic E-state index is 0.290. The van der Waals surface area contributed by atoms with Crippen LogP contribution in [0.5, 0.6) is 11.8 Å². The summed E-state index contributed by atoms with van der Waals surface area (Å²) in [5.41, 5.74) is 1.21. The Balaban J connectivity index is 2.29. The molecular formula is C15H21N5O. The Morgan fingerprint density at radius 1 is 1.14 bits per heavy atom. The van der Waals surface area contributed by atoms with Crippen molar-refractivity contribution < 1.29 is 4.74 Å². The molecule has 1 aromatic heterocycles. The first kappa shape index (κ1) is 15.0. The Hall–Kier alpha value is -2.37. The fourth-order valence-corrected chi connectivity index (χ4v) is 1.76. The first-order valence-corrected chi connectivity index (χ1v) is 7.06. The van der Waals surface area contributed by atoms with E-state index in [1.807, 2.05) is 44.1 Å². The van der Waals surface area contributed by atoms with Crippen molar-refractivity contribution >= 4 is 11.9 Å². The van der Waals surface area contributed by atoms with Crippen molar-refractivity contribution in [2.75, 3.05) is 30.9 Å². The predicted molar refractivity (Wildman–Crippen MR) is 84.2 cm³/mol. The molecule has 0 saturated heterocycles. The zero-order valence-electron chi connectivity index (χ0n) is 12.9. The predicted octanol–water partition coefficient (Wildman–Crippen LogP) is 2.72. The average molecular weight is 287 g/mol. The zero-order valence-corrected chi connectivity index (χ0v) is 12.9. The first-order chi connectivity index (χ1) is 10.1. The first-order valence-electron chi connectivity index (χ1n) is 7.06.